The lowest BCUT2D eigenvalue weighted by molar-refractivity contribution is -0.117. The van der Waals surface area contributed by atoms with E-state index in [-0.39, 0.29) is 5.91 Å². The molecular formula is C21H34N4O4. The van der Waals surface area contributed by atoms with Crippen molar-refractivity contribution in [2.75, 3.05) is 89.5 Å². The molecule has 1 amide bonds. The molecular weight excluding hydrogens is 372 g/mol. The minimum Gasteiger partial charge on any atom is -0.492 e. The topological polar surface area (TPSA) is 66.5 Å². The van der Waals surface area contributed by atoms with Gasteiger partial charge in [0.05, 0.1) is 44.3 Å². The van der Waals surface area contributed by atoms with Gasteiger partial charge in [0, 0.05) is 51.4 Å². The molecule has 0 spiro atoms. The van der Waals surface area contributed by atoms with Crippen molar-refractivity contribution in [2.24, 2.45) is 0 Å². The molecule has 2 aliphatic rings. The van der Waals surface area contributed by atoms with E-state index < -0.39 is 0 Å². The summed E-state index contributed by atoms with van der Waals surface area (Å²) in [6, 6.07) is 3.87. The maximum atomic E-state index is 12.7. The summed E-state index contributed by atoms with van der Waals surface area (Å²) in [5.41, 5.74) is 1.64. The highest BCUT2D eigenvalue weighted by Gasteiger charge is 2.22. The molecule has 0 unspecified atom stereocenters. The Labute approximate surface area is 173 Å². The van der Waals surface area contributed by atoms with Crippen LogP contribution in [0.2, 0.25) is 0 Å². The van der Waals surface area contributed by atoms with Crippen molar-refractivity contribution in [2.45, 2.75) is 13.8 Å². The summed E-state index contributed by atoms with van der Waals surface area (Å²) in [5, 5.41) is 3.04. The summed E-state index contributed by atoms with van der Waals surface area (Å²) in [5.74, 6) is 1.40. The third-order valence-corrected chi connectivity index (χ3v) is 5.25. The van der Waals surface area contributed by atoms with Gasteiger partial charge in [-0.05, 0) is 20.9 Å². The van der Waals surface area contributed by atoms with E-state index in [4.69, 9.17) is 14.2 Å². The second-order valence-electron chi connectivity index (χ2n) is 7.41. The first-order valence-corrected chi connectivity index (χ1v) is 10.6. The van der Waals surface area contributed by atoms with E-state index in [1.165, 1.54) is 0 Å². The third-order valence-electron chi connectivity index (χ3n) is 5.25. The van der Waals surface area contributed by atoms with Crippen molar-refractivity contribution in [3.8, 4) is 11.5 Å². The molecule has 8 heteroatoms. The Morgan fingerprint density at radius 2 is 1.66 bits per heavy atom. The number of carbonyl (C=O) groups is 1. The second-order valence-corrected chi connectivity index (χ2v) is 7.41. The van der Waals surface area contributed by atoms with E-state index in [0.717, 1.165) is 50.7 Å². The molecule has 0 saturated carbocycles. The number of ether oxygens (including phenoxy) is 3. The maximum Gasteiger partial charge on any atom is 0.238 e. The van der Waals surface area contributed by atoms with Crippen LogP contribution < -0.4 is 19.7 Å². The maximum absolute atomic E-state index is 12.7. The van der Waals surface area contributed by atoms with Gasteiger partial charge in [-0.25, -0.2) is 0 Å². The lowest BCUT2D eigenvalue weighted by atomic mass is 10.2. The van der Waals surface area contributed by atoms with Crippen molar-refractivity contribution in [1.82, 2.24) is 9.80 Å². The van der Waals surface area contributed by atoms with Gasteiger partial charge in [0.2, 0.25) is 5.91 Å². The molecule has 2 aliphatic heterocycles. The first-order chi connectivity index (χ1) is 14.1. The molecule has 0 aromatic heterocycles. The fourth-order valence-electron chi connectivity index (χ4n) is 3.64. The van der Waals surface area contributed by atoms with Crippen LogP contribution in [0.1, 0.15) is 13.8 Å². The van der Waals surface area contributed by atoms with Gasteiger partial charge in [-0.1, -0.05) is 0 Å². The average Bonchev–Trinajstić information content (AvgIpc) is 2.72. The zero-order chi connectivity index (χ0) is 20.6. The zero-order valence-corrected chi connectivity index (χ0v) is 17.9. The van der Waals surface area contributed by atoms with E-state index in [0.29, 0.717) is 44.4 Å². The number of rotatable bonds is 8. The lowest BCUT2D eigenvalue weighted by Crippen LogP contribution is -2.47. The highest BCUT2D eigenvalue weighted by atomic mass is 16.5. The molecule has 0 aliphatic carbocycles. The van der Waals surface area contributed by atoms with E-state index >= 15 is 0 Å². The number of benzene rings is 1. The smallest absolute Gasteiger partial charge is 0.238 e. The molecule has 29 heavy (non-hydrogen) atoms. The fraction of sp³-hybridized carbons (Fsp3) is 0.667. The molecule has 1 aromatic carbocycles. The number of carbonyl (C=O) groups excluding carboxylic acids is 1. The molecule has 3 rings (SSSR count). The molecule has 2 fully saturated rings. The van der Waals surface area contributed by atoms with Crippen molar-refractivity contribution in [3.63, 3.8) is 0 Å². The molecule has 1 N–H and O–H groups in total. The number of hydrogen-bond donors (Lipinski definition) is 1. The summed E-state index contributed by atoms with van der Waals surface area (Å²) in [7, 11) is 2.11. The third kappa shape index (κ3) is 5.98. The number of likely N-dealkylation sites (N-methyl/N-ethyl adjacent to an activating group) is 1. The van der Waals surface area contributed by atoms with Crippen molar-refractivity contribution in [3.05, 3.63) is 12.1 Å². The van der Waals surface area contributed by atoms with E-state index in [9.17, 15) is 4.79 Å². The number of nitrogens with one attached hydrogen (secondary N) is 1. The summed E-state index contributed by atoms with van der Waals surface area (Å²) in [4.78, 5) is 19.4. The quantitative estimate of drug-likeness (QED) is 0.702. The predicted molar refractivity (Wildman–Crippen MR) is 114 cm³/mol. The SMILES string of the molecule is CCOc1cc(N2CCOCC2)c(OCC)cc1NC(=O)CN1CCN(C)CC1. The van der Waals surface area contributed by atoms with Crippen LogP contribution in [-0.2, 0) is 9.53 Å². The Balaban J connectivity index is 1.76. The van der Waals surface area contributed by atoms with Gasteiger partial charge >= 0.3 is 0 Å². The van der Waals surface area contributed by atoms with Gasteiger partial charge < -0.3 is 29.3 Å². The van der Waals surface area contributed by atoms with E-state index in [1.807, 2.05) is 26.0 Å². The Morgan fingerprint density at radius 1 is 1.00 bits per heavy atom. The highest BCUT2D eigenvalue weighted by Crippen LogP contribution is 2.39. The summed E-state index contributed by atoms with van der Waals surface area (Å²) >= 11 is 0. The normalized spacial score (nSPS) is 18.5. The molecule has 0 bridgehead atoms. The second kappa shape index (κ2) is 10.7. The van der Waals surface area contributed by atoms with Gasteiger partial charge in [-0.15, -0.1) is 0 Å². The number of nitrogens with zero attached hydrogens (tertiary/aromatic N) is 3. The molecule has 1 aromatic rings. The predicted octanol–water partition coefficient (Wildman–Crippen LogP) is 1.51. The van der Waals surface area contributed by atoms with Crippen LogP contribution in [0.4, 0.5) is 11.4 Å². The summed E-state index contributed by atoms with van der Waals surface area (Å²) < 4.78 is 17.2. The number of anilines is 2. The van der Waals surface area contributed by atoms with Crippen molar-refractivity contribution >= 4 is 17.3 Å². The largest absolute Gasteiger partial charge is 0.492 e. The molecule has 0 atom stereocenters. The van der Waals surface area contributed by atoms with Crippen molar-refractivity contribution in [1.29, 1.82) is 0 Å². The zero-order valence-electron chi connectivity index (χ0n) is 17.9. The average molecular weight is 407 g/mol. The molecule has 162 valence electrons. The Bertz CT molecular complexity index is 671. The molecule has 0 radical (unpaired) electrons. The number of amides is 1. The van der Waals surface area contributed by atoms with Crippen LogP contribution >= 0.6 is 0 Å². The number of hydrogen-bond acceptors (Lipinski definition) is 7. The van der Waals surface area contributed by atoms with Crippen LogP contribution in [0.5, 0.6) is 11.5 Å². The van der Waals surface area contributed by atoms with E-state index in [2.05, 4.69) is 27.1 Å². The van der Waals surface area contributed by atoms with E-state index in [1.54, 1.807) is 0 Å². The minimum atomic E-state index is -0.0305. The fourth-order valence-corrected chi connectivity index (χ4v) is 3.64. The highest BCUT2D eigenvalue weighted by molar-refractivity contribution is 5.94. The Hall–Kier alpha value is -2.03. The summed E-state index contributed by atoms with van der Waals surface area (Å²) in [6.07, 6.45) is 0. The summed E-state index contributed by atoms with van der Waals surface area (Å²) in [6.45, 7) is 12.2. The minimum absolute atomic E-state index is 0.0305. The van der Waals surface area contributed by atoms with Crippen LogP contribution in [0.3, 0.4) is 0 Å². The number of morpholine rings is 1. The Kier molecular flexibility index (Phi) is 7.97. The van der Waals surface area contributed by atoms with Crippen LogP contribution in [0.15, 0.2) is 12.1 Å². The monoisotopic (exact) mass is 406 g/mol. The van der Waals surface area contributed by atoms with Gasteiger partial charge in [0.1, 0.15) is 11.5 Å². The van der Waals surface area contributed by atoms with Crippen molar-refractivity contribution < 1.29 is 19.0 Å². The number of piperazine rings is 1. The van der Waals surface area contributed by atoms with Gasteiger partial charge in [0.15, 0.2) is 0 Å². The molecule has 2 saturated heterocycles. The van der Waals surface area contributed by atoms with Crippen LogP contribution in [0.25, 0.3) is 0 Å². The Morgan fingerprint density at radius 3 is 2.31 bits per heavy atom. The first kappa shape index (κ1) is 21.7. The standard InChI is InChI=1S/C21H34N4O4/c1-4-28-19-15-18(25-10-12-27-13-11-25)20(29-5-2)14-17(19)22-21(26)16-24-8-6-23(3)7-9-24/h14-15H,4-13,16H2,1-3H3,(H,22,26). The van der Waals surface area contributed by atoms with Gasteiger partial charge in [-0.2, -0.15) is 0 Å². The van der Waals surface area contributed by atoms with Crippen LogP contribution in [0, 0.1) is 0 Å². The van der Waals surface area contributed by atoms with Crippen LogP contribution in [-0.4, -0.2) is 95.0 Å². The van der Waals surface area contributed by atoms with Gasteiger partial charge in [-0.3, -0.25) is 9.69 Å². The lowest BCUT2D eigenvalue weighted by Gasteiger charge is -2.32. The van der Waals surface area contributed by atoms with Gasteiger partial charge in [0.25, 0.3) is 0 Å². The first-order valence-electron chi connectivity index (χ1n) is 10.6. The molecule has 8 nitrogen and oxygen atoms in total. The molecule has 2 heterocycles.